The van der Waals surface area contributed by atoms with Crippen molar-refractivity contribution < 1.29 is 0 Å². The van der Waals surface area contributed by atoms with Crippen LogP contribution >= 0.6 is 0 Å². The van der Waals surface area contributed by atoms with E-state index in [9.17, 15) is 0 Å². The first-order valence-corrected chi connectivity index (χ1v) is 10.3. The molecule has 0 amide bonds. The highest BCUT2D eigenvalue weighted by atomic mass is 15.1. The van der Waals surface area contributed by atoms with Crippen LogP contribution in [0.5, 0.6) is 0 Å². The van der Waals surface area contributed by atoms with Gasteiger partial charge in [-0.1, -0.05) is 69.4 Å². The molecule has 29 heavy (non-hydrogen) atoms. The zero-order valence-corrected chi connectivity index (χ0v) is 20.0. The van der Waals surface area contributed by atoms with E-state index in [0.717, 1.165) is 38.3 Å². The lowest BCUT2D eigenvalue weighted by Crippen LogP contribution is -2.17. The topological polar surface area (TPSA) is 3.24 Å². The van der Waals surface area contributed by atoms with E-state index in [1.54, 1.807) is 0 Å². The Bertz CT molecular complexity index is 380. The Morgan fingerprint density at radius 3 is 1.14 bits per heavy atom. The van der Waals surface area contributed by atoms with E-state index in [1.165, 1.54) is 0 Å². The van der Waals surface area contributed by atoms with Crippen LogP contribution in [0.4, 0.5) is 0 Å². The lowest BCUT2D eigenvalue weighted by atomic mass is 10.0. The van der Waals surface area contributed by atoms with Gasteiger partial charge in [0.15, 0.2) is 0 Å². The van der Waals surface area contributed by atoms with Crippen LogP contribution in [0.3, 0.4) is 0 Å². The van der Waals surface area contributed by atoms with E-state index in [2.05, 4.69) is 71.4 Å². The van der Waals surface area contributed by atoms with Crippen LogP contribution in [-0.4, -0.2) is 25.0 Å². The first-order chi connectivity index (χ1) is 13.7. The van der Waals surface area contributed by atoms with Crippen LogP contribution in [0.15, 0.2) is 101 Å². The van der Waals surface area contributed by atoms with Gasteiger partial charge in [0, 0.05) is 13.1 Å². The van der Waals surface area contributed by atoms with Gasteiger partial charge in [-0.3, -0.25) is 4.90 Å². The molecular formula is C28H49N. The molecule has 0 heterocycles. The lowest BCUT2D eigenvalue weighted by Gasteiger charge is -2.09. The molecule has 0 saturated carbocycles. The summed E-state index contributed by atoms with van der Waals surface area (Å²) in [7, 11) is 2.03. The Kier molecular flexibility index (Phi) is 36.3. The highest BCUT2D eigenvalue weighted by Crippen LogP contribution is 2.06. The summed E-state index contributed by atoms with van der Waals surface area (Å²) in [6.45, 7) is 37.1. The molecular weight excluding hydrogens is 350 g/mol. The molecule has 0 saturated heterocycles. The Labute approximate surface area is 184 Å². The van der Waals surface area contributed by atoms with Crippen LogP contribution < -0.4 is 0 Å². The molecule has 0 aromatic rings. The molecule has 0 spiro atoms. The molecule has 0 rings (SSSR count). The van der Waals surface area contributed by atoms with Crippen molar-refractivity contribution in [2.45, 2.75) is 40.0 Å². The minimum atomic E-state index is 0.463. The van der Waals surface area contributed by atoms with Gasteiger partial charge in [-0.15, -0.1) is 52.6 Å². The fraction of sp³-hybridized carbons (Fsp3) is 0.429. The summed E-state index contributed by atoms with van der Waals surface area (Å²) in [5.74, 6) is 1.78. The first kappa shape index (κ1) is 34.4. The Morgan fingerprint density at radius 1 is 0.586 bits per heavy atom. The maximum atomic E-state index is 3.65. The molecule has 1 nitrogen and oxygen atoms in total. The summed E-state index contributed by atoms with van der Waals surface area (Å²) in [5, 5.41) is 0. The summed E-state index contributed by atoms with van der Waals surface area (Å²) >= 11 is 0. The Hall–Kier alpha value is -2.12. The molecule has 0 aliphatic rings. The second-order valence-corrected chi connectivity index (χ2v) is 7.02. The predicted molar refractivity (Wildman–Crippen MR) is 140 cm³/mol. The van der Waals surface area contributed by atoms with Crippen molar-refractivity contribution in [1.82, 2.24) is 4.90 Å². The molecule has 1 heteroatoms. The van der Waals surface area contributed by atoms with Crippen molar-refractivity contribution in [3.05, 3.63) is 101 Å². The van der Waals surface area contributed by atoms with Gasteiger partial charge in [-0.25, -0.2) is 0 Å². The van der Waals surface area contributed by atoms with E-state index >= 15 is 0 Å². The van der Waals surface area contributed by atoms with E-state index in [1.807, 2.05) is 62.6 Å². The minimum absolute atomic E-state index is 0.463. The van der Waals surface area contributed by atoms with Crippen molar-refractivity contribution in [2.75, 3.05) is 20.1 Å². The zero-order valence-electron chi connectivity index (χ0n) is 20.0. The molecule has 1 unspecified atom stereocenters. The van der Waals surface area contributed by atoms with Crippen molar-refractivity contribution in [1.29, 1.82) is 0 Å². The van der Waals surface area contributed by atoms with Gasteiger partial charge in [0.2, 0.25) is 0 Å². The molecule has 0 fully saturated rings. The van der Waals surface area contributed by atoms with E-state index in [0.29, 0.717) is 11.8 Å². The minimum Gasteiger partial charge on any atom is -0.299 e. The van der Waals surface area contributed by atoms with Crippen molar-refractivity contribution in [3.8, 4) is 0 Å². The van der Waals surface area contributed by atoms with E-state index < -0.39 is 0 Å². The molecule has 0 radical (unpaired) electrons. The van der Waals surface area contributed by atoms with Gasteiger partial charge >= 0.3 is 0 Å². The fourth-order valence-electron chi connectivity index (χ4n) is 1.64. The van der Waals surface area contributed by atoms with Crippen LogP contribution in [0, 0.1) is 17.8 Å². The standard InChI is InChI=1S/C8H14.C7H13N.C7H12.C6H10/c2*1-4-6-8(3)7-5-2;1-4-6-7(3)5-2;1-4-6(3)5-2/h4-5,8H,1-2,6-7H2,3H3;4-5H,1-2,6-7H2,3H3;4-5,7H,1-2,6H2,3H3;4-6H,1-2H2,3H3. The molecule has 0 N–H and O–H groups in total. The van der Waals surface area contributed by atoms with Gasteiger partial charge in [0.1, 0.15) is 0 Å². The molecule has 0 aliphatic carbocycles. The number of hydrogen-bond donors (Lipinski definition) is 0. The number of allylic oxidation sites excluding steroid dienone is 6. The van der Waals surface area contributed by atoms with Crippen LogP contribution in [-0.2, 0) is 0 Å². The molecule has 0 aromatic carbocycles. The Balaban J connectivity index is -0.000000145. The molecule has 166 valence electrons. The van der Waals surface area contributed by atoms with E-state index in [4.69, 9.17) is 0 Å². The SMILES string of the molecule is C=CC(C)C=C.C=CCC(C)C=C.C=CCC(C)CC=C.C=CCN(C)CC=C. The van der Waals surface area contributed by atoms with Crippen molar-refractivity contribution in [3.63, 3.8) is 0 Å². The largest absolute Gasteiger partial charge is 0.299 e. The monoisotopic (exact) mass is 399 g/mol. The van der Waals surface area contributed by atoms with Crippen molar-refractivity contribution >= 4 is 0 Å². The number of likely N-dealkylation sites (N-methyl/N-ethyl adjacent to an activating group) is 1. The lowest BCUT2D eigenvalue weighted by molar-refractivity contribution is 0.413. The summed E-state index contributed by atoms with van der Waals surface area (Å²) in [6.07, 6.45) is 18.5. The van der Waals surface area contributed by atoms with Crippen molar-refractivity contribution in [2.24, 2.45) is 17.8 Å². The van der Waals surface area contributed by atoms with Gasteiger partial charge in [0.25, 0.3) is 0 Å². The van der Waals surface area contributed by atoms with Crippen LogP contribution in [0.25, 0.3) is 0 Å². The average molecular weight is 400 g/mol. The van der Waals surface area contributed by atoms with Gasteiger partial charge in [-0.05, 0) is 44.1 Å². The predicted octanol–water partition coefficient (Wildman–Crippen LogP) is 8.44. The summed E-state index contributed by atoms with van der Waals surface area (Å²) < 4.78 is 0. The second-order valence-electron chi connectivity index (χ2n) is 7.02. The third-order valence-electron chi connectivity index (χ3n) is 3.70. The maximum Gasteiger partial charge on any atom is 0.0160 e. The first-order valence-electron chi connectivity index (χ1n) is 10.3. The fourth-order valence-corrected chi connectivity index (χ4v) is 1.64. The van der Waals surface area contributed by atoms with Gasteiger partial charge < -0.3 is 0 Å². The molecule has 0 aliphatic heterocycles. The maximum absolute atomic E-state index is 3.65. The quantitative estimate of drug-likeness (QED) is 0.281. The highest BCUT2D eigenvalue weighted by molar-refractivity contribution is 4.88. The summed E-state index contributed by atoms with van der Waals surface area (Å²) in [5.41, 5.74) is 0. The average Bonchev–Trinajstić information content (AvgIpc) is 2.70. The van der Waals surface area contributed by atoms with E-state index in [-0.39, 0.29) is 0 Å². The van der Waals surface area contributed by atoms with Gasteiger partial charge in [0.05, 0.1) is 0 Å². The normalized spacial score (nSPS) is 9.90. The van der Waals surface area contributed by atoms with Crippen LogP contribution in [0.1, 0.15) is 40.0 Å². The molecule has 1 atom stereocenters. The number of hydrogen-bond acceptors (Lipinski definition) is 1. The number of rotatable bonds is 13. The van der Waals surface area contributed by atoms with Crippen LogP contribution in [0.2, 0.25) is 0 Å². The second kappa shape index (κ2) is 30.6. The summed E-state index contributed by atoms with van der Waals surface area (Å²) in [6, 6.07) is 0. The third-order valence-corrected chi connectivity index (χ3v) is 3.70. The Morgan fingerprint density at radius 2 is 0.966 bits per heavy atom. The highest BCUT2D eigenvalue weighted by Gasteiger charge is 1.92. The third kappa shape index (κ3) is 41.4. The molecule has 0 aromatic heterocycles. The smallest absolute Gasteiger partial charge is 0.0160 e. The van der Waals surface area contributed by atoms with Gasteiger partial charge in [-0.2, -0.15) is 0 Å². The number of nitrogens with zero attached hydrogens (tertiary/aromatic N) is 1. The molecule has 0 bridgehead atoms. The summed E-state index contributed by atoms with van der Waals surface area (Å²) in [4.78, 5) is 2.12. The zero-order chi connectivity index (χ0) is 23.5.